The van der Waals surface area contributed by atoms with Crippen LogP contribution in [0.1, 0.15) is 36.0 Å². The Kier molecular flexibility index (Phi) is 5.86. The normalized spacial score (nSPS) is 16.6. The summed E-state index contributed by atoms with van der Waals surface area (Å²) in [6.07, 6.45) is 3.03. The Labute approximate surface area is 181 Å². The number of anilines is 2. The smallest absolute Gasteiger partial charge is 0.261 e. The molecule has 0 atom stereocenters. The lowest BCUT2D eigenvalue weighted by atomic mass is 10.1. The van der Waals surface area contributed by atoms with Crippen LogP contribution in [-0.2, 0) is 14.8 Å². The second-order valence-corrected chi connectivity index (χ2v) is 9.32. The molecule has 4 rings (SSSR count). The Morgan fingerprint density at radius 2 is 1.77 bits per heavy atom. The fraction of sp³-hybridized carbons (Fsp3) is 0.364. The molecule has 9 heteroatoms. The highest BCUT2D eigenvalue weighted by Gasteiger charge is 2.28. The van der Waals surface area contributed by atoms with Crippen LogP contribution in [0.25, 0.3) is 0 Å². The fourth-order valence-electron chi connectivity index (χ4n) is 4.00. The molecule has 2 saturated heterocycles. The number of benzene rings is 2. The summed E-state index contributed by atoms with van der Waals surface area (Å²) in [5, 5.41) is 0. The minimum Gasteiger partial charge on any atom is -0.495 e. The van der Waals surface area contributed by atoms with E-state index in [0.29, 0.717) is 49.5 Å². The molecule has 2 aromatic carbocycles. The highest BCUT2D eigenvalue weighted by molar-refractivity contribution is 7.92. The van der Waals surface area contributed by atoms with Crippen molar-refractivity contribution < 1.29 is 22.7 Å². The molecule has 2 heterocycles. The molecule has 31 heavy (non-hydrogen) atoms. The van der Waals surface area contributed by atoms with Crippen molar-refractivity contribution in [2.75, 3.05) is 36.4 Å². The van der Waals surface area contributed by atoms with Gasteiger partial charge in [0, 0.05) is 26.1 Å². The molecule has 0 saturated carbocycles. The summed E-state index contributed by atoms with van der Waals surface area (Å²) >= 11 is 0. The molecule has 2 fully saturated rings. The summed E-state index contributed by atoms with van der Waals surface area (Å²) in [5.41, 5.74) is 0.972. The number of amides is 2. The molecule has 0 aliphatic carbocycles. The molecule has 8 nitrogen and oxygen atoms in total. The fourth-order valence-corrected chi connectivity index (χ4v) is 5.10. The number of nitrogens with zero attached hydrogens (tertiary/aromatic N) is 2. The van der Waals surface area contributed by atoms with Gasteiger partial charge in [-0.25, -0.2) is 8.42 Å². The van der Waals surface area contributed by atoms with Gasteiger partial charge in [-0.1, -0.05) is 12.1 Å². The monoisotopic (exact) mass is 443 g/mol. The van der Waals surface area contributed by atoms with Crippen LogP contribution >= 0.6 is 0 Å². The second kappa shape index (κ2) is 8.58. The van der Waals surface area contributed by atoms with E-state index in [2.05, 4.69) is 4.72 Å². The first-order valence-electron chi connectivity index (χ1n) is 10.3. The van der Waals surface area contributed by atoms with Crippen LogP contribution in [0.2, 0.25) is 0 Å². The molecule has 2 amide bonds. The molecular formula is C22H25N3O5S. The van der Waals surface area contributed by atoms with Gasteiger partial charge < -0.3 is 14.5 Å². The molecule has 2 aliphatic heterocycles. The molecule has 2 aliphatic rings. The van der Waals surface area contributed by atoms with E-state index in [1.807, 2.05) is 0 Å². The van der Waals surface area contributed by atoms with Crippen molar-refractivity contribution in [1.29, 1.82) is 0 Å². The number of para-hydroxylation sites is 1. The van der Waals surface area contributed by atoms with Crippen LogP contribution in [0, 0.1) is 0 Å². The molecule has 0 unspecified atom stereocenters. The maximum Gasteiger partial charge on any atom is 0.261 e. The summed E-state index contributed by atoms with van der Waals surface area (Å²) in [4.78, 5) is 28.3. The number of hydrogen-bond donors (Lipinski definition) is 1. The van der Waals surface area contributed by atoms with Gasteiger partial charge >= 0.3 is 0 Å². The van der Waals surface area contributed by atoms with Crippen molar-refractivity contribution in [3.63, 3.8) is 0 Å². The van der Waals surface area contributed by atoms with Crippen molar-refractivity contribution in [2.45, 2.75) is 30.6 Å². The summed E-state index contributed by atoms with van der Waals surface area (Å²) < 4.78 is 34.2. The van der Waals surface area contributed by atoms with Crippen LogP contribution in [0.5, 0.6) is 5.75 Å². The lowest BCUT2D eigenvalue weighted by Gasteiger charge is -2.21. The minimum absolute atomic E-state index is 0.00794. The quantitative estimate of drug-likeness (QED) is 0.741. The summed E-state index contributed by atoms with van der Waals surface area (Å²) in [6, 6.07) is 11.0. The molecule has 2 aromatic rings. The van der Waals surface area contributed by atoms with Crippen LogP contribution < -0.4 is 14.4 Å². The first-order chi connectivity index (χ1) is 14.9. The van der Waals surface area contributed by atoms with Gasteiger partial charge in [-0.2, -0.15) is 0 Å². The van der Waals surface area contributed by atoms with Gasteiger partial charge in [0.15, 0.2) is 0 Å². The number of carbonyl (C=O) groups is 2. The number of sulfonamides is 1. The van der Waals surface area contributed by atoms with Gasteiger partial charge in [-0.3, -0.25) is 14.3 Å². The Morgan fingerprint density at radius 1 is 1.03 bits per heavy atom. The molecule has 0 spiro atoms. The highest BCUT2D eigenvalue weighted by Crippen LogP contribution is 2.34. The number of nitrogens with one attached hydrogen (secondary N) is 1. The third kappa shape index (κ3) is 4.23. The van der Waals surface area contributed by atoms with Crippen LogP contribution in [0.4, 0.5) is 11.4 Å². The third-order valence-electron chi connectivity index (χ3n) is 5.62. The number of rotatable bonds is 6. The van der Waals surface area contributed by atoms with Crippen LogP contribution in [0.15, 0.2) is 47.4 Å². The zero-order valence-electron chi connectivity index (χ0n) is 17.3. The average Bonchev–Trinajstić information content (AvgIpc) is 3.45. The number of hydrogen-bond acceptors (Lipinski definition) is 5. The average molecular weight is 444 g/mol. The number of ether oxygens (including phenoxy) is 1. The summed E-state index contributed by atoms with van der Waals surface area (Å²) in [7, 11) is -2.52. The SMILES string of the molecule is COc1ccc(S(=O)(=O)Nc2ccccc2C(=O)N2CCCC2)cc1N1CCCC1=O. The van der Waals surface area contributed by atoms with E-state index in [1.165, 1.54) is 25.3 Å². The zero-order valence-corrected chi connectivity index (χ0v) is 18.2. The van der Waals surface area contributed by atoms with Gasteiger partial charge in [0.1, 0.15) is 5.75 Å². The highest BCUT2D eigenvalue weighted by atomic mass is 32.2. The topological polar surface area (TPSA) is 96.0 Å². The van der Waals surface area contributed by atoms with E-state index < -0.39 is 10.0 Å². The Bertz CT molecular complexity index is 1110. The molecule has 0 radical (unpaired) electrons. The van der Waals surface area contributed by atoms with E-state index in [-0.39, 0.29) is 22.4 Å². The van der Waals surface area contributed by atoms with Crippen molar-refractivity contribution in [3.05, 3.63) is 48.0 Å². The van der Waals surface area contributed by atoms with Crippen LogP contribution in [-0.4, -0.2) is 51.9 Å². The van der Waals surface area contributed by atoms with Gasteiger partial charge in [-0.15, -0.1) is 0 Å². The van der Waals surface area contributed by atoms with E-state index in [1.54, 1.807) is 34.1 Å². The van der Waals surface area contributed by atoms with Crippen molar-refractivity contribution in [2.24, 2.45) is 0 Å². The third-order valence-corrected chi connectivity index (χ3v) is 6.98. The van der Waals surface area contributed by atoms with Gasteiger partial charge in [0.25, 0.3) is 15.9 Å². The Balaban J connectivity index is 1.66. The Hall–Kier alpha value is -3.07. The first kappa shape index (κ1) is 21.2. The molecule has 1 N–H and O–H groups in total. The number of likely N-dealkylation sites (tertiary alicyclic amines) is 1. The first-order valence-corrected chi connectivity index (χ1v) is 11.8. The number of carbonyl (C=O) groups excluding carboxylic acids is 2. The van der Waals surface area contributed by atoms with Crippen molar-refractivity contribution >= 4 is 33.2 Å². The van der Waals surface area contributed by atoms with Gasteiger partial charge in [-0.05, 0) is 49.6 Å². The molecule has 0 aromatic heterocycles. The zero-order chi connectivity index (χ0) is 22.0. The van der Waals surface area contributed by atoms with Gasteiger partial charge in [0.05, 0.1) is 28.9 Å². The van der Waals surface area contributed by atoms with Crippen molar-refractivity contribution in [3.8, 4) is 5.75 Å². The Morgan fingerprint density at radius 3 is 2.45 bits per heavy atom. The lowest BCUT2D eigenvalue weighted by Crippen LogP contribution is -2.29. The lowest BCUT2D eigenvalue weighted by molar-refractivity contribution is -0.117. The van der Waals surface area contributed by atoms with E-state index in [4.69, 9.17) is 4.74 Å². The number of methoxy groups -OCH3 is 1. The molecular weight excluding hydrogens is 418 g/mol. The van der Waals surface area contributed by atoms with Crippen molar-refractivity contribution in [1.82, 2.24) is 4.90 Å². The maximum absolute atomic E-state index is 13.2. The van der Waals surface area contributed by atoms with E-state index in [9.17, 15) is 18.0 Å². The van der Waals surface area contributed by atoms with E-state index >= 15 is 0 Å². The molecule has 164 valence electrons. The largest absolute Gasteiger partial charge is 0.495 e. The van der Waals surface area contributed by atoms with Gasteiger partial charge in [0.2, 0.25) is 5.91 Å². The predicted octanol–water partition coefficient (Wildman–Crippen LogP) is 2.86. The maximum atomic E-state index is 13.2. The van der Waals surface area contributed by atoms with E-state index in [0.717, 1.165) is 12.8 Å². The summed E-state index contributed by atoms with van der Waals surface area (Å²) in [5.74, 6) is 0.176. The minimum atomic E-state index is -4.00. The standard InChI is InChI=1S/C22H25N3O5S/c1-30-20-11-10-16(15-19(20)25-14-6-9-21(25)26)31(28,29)23-18-8-3-2-7-17(18)22(27)24-12-4-5-13-24/h2-3,7-8,10-11,15,23H,4-6,9,12-14H2,1H3. The molecule has 0 bridgehead atoms. The second-order valence-electron chi connectivity index (χ2n) is 7.63. The summed E-state index contributed by atoms with van der Waals surface area (Å²) in [6.45, 7) is 1.86. The van der Waals surface area contributed by atoms with Crippen LogP contribution in [0.3, 0.4) is 0 Å². The predicted molar refractivity (Wildman–Crippen MR) is 117 cm³/mol.